The Morgan fingerprint density at radius 2 is 1.78 bits per heavy atom. The lowest BCUT2D eigenvalue weighted by Gasteiger charge is -2.07. The van der Waals surface area contributed by atoms with Gasteiger partial charge < -0.3 is 15.9 Å². The minimum Gasteiger partial charge on any atom is -0.506 e. The predicted octanol–water partition coefficient (Wildman–Crippen LogP) is 2.76. The molecule has 0 amide bonds. The van der Waals surface area contributed by atoms with Crippen LogP contribution in [0.2, 0.25) is 0 Å². The lowest BCUT2D eigenvalue weighted by Crippen LogP contribution is -1.97. The van der Waals surface area contributed by atoms with Crippen molar-refractivity contribution < 1.29 is 15.0 Å². The topological polar surface area (TPSA) is 83.6 Å². The summed E-state index contributed by atoms with van der Waals surface area (Å²) in [6.45, 7) is 0. The predicted molar refractivity (Wildman–Crippen MR) is 72.2 cm³/mol. The van der Waals surface area contributed by atoms with Gasteiger partial charge in [0.1, 0.15) is 11.3 Å². The maximum atomic E-state index is 10.9. The SMILES string of the molecule is Cl.Nc1cccc(-c2cccc(C(=O)O)c2O)c1. The van der Waals surface area contributed by atoms with E-state index in [0.717, 1.165) is 0 Å². The van der Waals surface area contributed by atoms with Crippen LogP contribution in [0.4, 0.5) is 5.69 Å². The maximum Gasteiger partial charge on any atom is 0.339 e. The molecule has 0 aliphatic heterocycles. The summed E-state index contributed by atoms with van der Waals surface area (Å²) in [7, 11) is 0. The number of aromatic hydroxyl groups is 1. The van der Waals surface area contributed by atoms with Crippen molar-refractivity contribution in [1.82, 2.24) is 0 Å². The lowest BCUT2D eigenvalue weighted by molar-refractivity contribution is 0.0694. The Morgan fingerprint density at radius 3 is 2.39 bits per heavy atom. The first kappa shape index (κ1) is 13.9. The summed E-state index contributed by atoms with van der Waals surface area (Å²) < 4.78 is 0. The van der Waals surface area contributed by atoms with E-state index in [4.69, 9.17) is 10.8 Å². The fourth-order valence-corrected chi connectivity index (χ4v) is 1.66. The van der Waals surface area contributed by atoms with E-state index >= 15 is 0 Å². The van der Waals surface area contributed by atoms with E-state index in [2.05, 4.69) is 0 Å². The zero-order chi connectivity index (χ0) is 12.4. The number of phenols is 1. The van der Waals surface area contributed by atoms with Crippen LogP contribution in [-0.4, -0.2) is 16.2 Å². The molecule has 0 saturated carbocycles. The number of benzene rings is 2. The molecule has 0 aliphatic carbocycles. The minimum atomic E-state index is -1.16. The van der Waals surface area contributed by atoms with Crippen LogP contribution in [0.3, 0.4) is 0 Å². The highest BCUT2D eigenvalue weighted by atomic mass is 35.5. The van der Waals surface area contributed by atoms with Crippen molar-refractivity contribution in [2.45, 2.75) is 0 Å². The molecule has 0 aliphatic rings. The number of carboxylic acids is 1. The third-order valence-electron chi connectivity index (χ3n) is 2.46. The molecule has 4 nitrogen and oxygen atoms in total. The number of para-hydroxylation sites is 1. The summed E-state index contributed by atoms with van der Waals surface area (Å²) in [5.74, 6) is -1.40. The van der Waals surface area contributed by atoms with Gasteiger partial charge in [0, 0.05) is 11.3 Å². The van der Waals surface area contributed by atoms with Crippen LogP contribution >= 0.6 is 12.4 Å². The van der Waals surface area contributed by atoms with Crippen molar-refractivity contribution in [1.29, 1.82) is 0 Å². The molecule has 0 radical (unpaired) electrons. The largest absolute Gasteiger partial charge is 0.506 e. The van der Waals surface area contributed by atoms with Gasteiger partial charge in [-0.05, 0) is 23.8 Å². The van der Waals surface area contributed by atoms with Crippen LogP contribution < -0.4 is 5.73 Å². The molecule has 0 spiro atoms. The minimum absolute atomic E-state index is 0. The number of carbonyl (C=O) groups is 1. The third-order valence-corrected chi connectivity index (χ3v) is 2.46. The Morgan fingerprint density at radius 1 is 1.11 bits per heavy atom. The Kier molecular flexibility index (Phi) is 4.18. The molecule has 0 saturated heterocycles. The summed E-state index contributed by atoms with van der Waals surface area (Å²) in [5, 5.41) is 18.8. The average molecular weight is 266 g/mol. The van der Waals surface area contributed by atoms with Gasteiger partial charge in [-0.2, -0.15) is 0 Å². The Labute approximate surface area is 110 Å². The molecular formula is C13H12ClNO3. The molecule has 0 atom stereocenters. The molecule has 18 heavy (non-hydrogen) atoms. The van der Waals surface area contributed by atoms with Gasteiger partial charge in [0.05, 0.1) is 0 Å². The van der Waals surface area contributed by atoms with Crippen LogP contribution in [0.5, 0.6) is 5.75 Å². The maximum absolute atomic E-state index is 10.9. The Bertz CT molecular complexity index is 584. The summed E-state index contributed by atoms with van der Waals surface area (Å²) >= 11 is 0. The van der Waals surface area contributed by atoms with Gasteiger partial charge in [-0.25, -0.2) is 4.79 Å². The number of nitrogens with two attached hydrogens (primary N) is 1. The number of nitrogen functional groups attached to an aromatic ring is 1. The van der Waals surface area contributed by atoms with Gasteiger partial charge in [0.2, 0.25) is 0 Å². The summed E-state index contributed by atoms with van der Waals surface area (Å²) in [5.41, 5.74) is 7.22. The summed E-state index contributed by atoms with van der Waals surface area (Å²) in [6, 6.07) is 11.5. The van der Waals surface area contributed by atoms with E-state index in [1.807, 2.05) is 0 Å². The Hall–Kier alpha value is -2.20. The molecule has 0 unspecified atom stereocenters. The van der Waals surface area contributed by atoms with E-state index in [1.165, 1.54) is 6.07 Å². The van der Waals surface area contributed by atoms with E-state index in [9.17, 15) is 9.90 Å². The zero-order valence-corrected chi connectivity index (χ0v) is 10.1. The van der Waals surface area contributed by atoms with Crippen LogP contribution in [0.25, 0.3) is 11.1 Å². The van der Waals surface area contributed by atoms with Crippen molar-refractivity contribution >= 4 is 24.1 Å². The monoisotopic (exact) mass is 265 g/mol. The number of aromatic carboxylic acids is 1. The zero-order valence-electron chi connectivity index (χ0n) is 9.33. The van der Waals surface area contributed by atoms with Crippen molar-refractivity contribution in [3.63, 3.8) is 0 Å². The van der Waals surface area contributed by atoms with E-state index in [1.54, 1.807) is 36.4 Å². The van der Waals surface area contributed by atoms with Gasteiger partial charge in [-0.3, -0.25) is 0 Å². The molecular weight excluding hydrogens is 254 g/mol. The van der Waals surface area contributed by atoms with E-state index < -0.39 is 5.97 Å². The van der Waals surface area contributed by atoms with Crippen molar-refractivity contribution in [3.8, 4) is 16.9 Å². The van der Waals surface area contributed by atoms with E-state index in [0.29, 0.717) is 16.8 Å². The van der Waals surface area contributed by atoms with Gasteiger partial charge >= 0.3 is 5.97 Å². The van der Waals surface area contributed by atoms with Gasteiger partial charge in [-0.15, -0.1) is 12.4 Å². The first-order chi connectivity index (χ1) is 8.09. The second kappa shape index (κ2) is 5.42. The van der Waals surface area contributed by atoms with Crippen LogP contribution in [0.15, 0.2) is 42.5 Å². The molecule has 0 aromatic heterocycles. The van der Waals surface area contributed by atoms with Crippen LogP contribution in [0, 0.1) is 0 Å². The number of carboxylic acid groups (broad SMARTS) is 1. The van der Waals surface area contributed by atoms with Crippen LogP contribution in [-0.2, 0) is 0 Å². The van der Waals surface area contributed by atoms with E-state index in [-0.39, 0.29) is 23.7 Å². The normalized spacial score (nSPS) is 9.56. The highest BCUT2D eigenvalue weighted by Gasteiger charge is 2.13. The molecule has 0 heterocycles. The molecule has 2 aromatic carbocycles. The highest BCUT2D eigenvalue weighted by Crippen LogP contribution is 2.32. The van der Waals surface area contributed by atoms with Gasteiger partial charge in [0.15, 0.2) is 0 Å². The molecule has 0 fully saturated rings. The smallest absolute Gasteiger partial charge is 0.339 e. The molecule has 2 aromatic rings. The Balaban J connectivity index is 0.00000162. The standard InChI is InChI=1S/C13H11NO3.ClH/c14-9-4-1-3-8(7-9)10-5-2-6-11(12(10)15)13(16)17;/h1-7,15H,14H2,(H,16,17);1H. The van der Waals surface area contributed by atoms with Crippen molar-refractivity contribution in [2.75, 3.05) is 5.73 Å². The number of rotatable bonds is 2. The average Bonchev–Trinajstić information content (AvgIpc) is 2.29. The first-order valence-electron chi connectivity index (χ1n) is 5.01. The lowest BCUT2D eigenvalue weighted by atomic mass is 10.0. The second-order valence-corrected chi connectivity index (χ2v) is 3.63. The molecule has 4 N–H and O–H groups in total. The molecule has 2 rings (SSSR count). The number of hydrogen-bond acceptors (Lipinski definition) is 3. The van der Waals surface area contributed by atoms with Gasteiger partial charge in [-0.1, -0.05) is 24.3 Å². The highest BCUT2D eigenvalue weighted by molar-refractivity contribution is 5.94. The van der Waals surface area contributed by atoms with Crippen molar-refractivity contribution in [2.24, 2.45) is 0 Å². The molecule has 5 heteroatoms. The molecule has 0 bridgehead atoms. The fraction of sp³-hybridized carbons (Fsp3) is 0. The van der Waals surface area contributed by atoms with Gasteiger partial charge in [0.25, 0.3) is 0 Å². The second-order valence-electron chi connectivity index (χ2n) is 3.63. The fourth-order valence-electron chi connectivity index (χ4n) is 1.66. The third kappa shape index (κ3) is 2.55. The number of halogens is 1. The summed E-state index contributed by atoms with van der Waals surface area (Å²) in [4.78, 5) is 10.9. The van der Waals surface area contributed by atoms with Crippen LogP contribution in [0.1, 0.15) is 10.4 Å². The summed E-state index contributed by atoms with van der Waals surface area (Å²) in [6.07, 6.45) is 0. The first-order valence-corrected chi connectivity index (χ1v) is 5.01. The number of hydrogen-bond donors (Lipinski definition) is 3. The number of anilines is 1. The van der Waals surface area contributed by atoms with Crippen molar-refractivity contribution in [3.05, 3.63) is 48.0 Å². The quantitative estimate of drug-likeness (QED) is 0.729. The molecule has 94 valence electrons.